The van der Waals surface area contributed by atoms with Crippen molar-refractivity contribution in [2.45, 2.75) is 12.3 Å². The van der Waals surface area contributed by atoms with E-state index in [0.29, 0.717) is 10.6 Å². The quantitative estimate of drug-likeness (QED) is 0.888. The number of nitrogens with one attached hydrogen (secondary N) is 1. The Kier molecular flexibility index (Phi) is 4.25. The van der Waals surface area contributed by atoms with Crippen LogP contribution in [0.2, 0.25) is 5.02 Å². The molecule has 0 saturated carbocycles. The van der Waals surface area contributed by atoms with Gasteiger partial charge >= 0.3 is 5.97 Å². The number of nitrogens with zero attached hydrogens (tertiary/aromatic N) is 1. The Hall–Kier alpha value is -2.07. The number of carboxylic acids is 1. The molecule has 0 saturated heterocycles. The highest BCUT2D eigenvalue weighted by molar-refractivity contribution is 6.30. The normalized spacial score (nSPS) is 13.5. The fourth-order valence-electron chi connectivity index (χ4n) is 1.84. The first kappa shape index (κ1) is 14.3. The Balaban J connectivity index is 2.18. The summed E-state index contributed by atoms with van der Waals surface area (Å²) in [5.74, 6) is -0.896. The Morgan fingerprint density at radius 2 is 2.05 bits per heavy atom. The number of anilines is 1. The molecule has 20 heavy (non-hydrogen) atoms. The number of rotatable bonds is 5. The van der Waals surface area contributed by atoms with Crippen molar-refractivity contribution in [3.05, 3.63) is 59.4 Å². The van der Waals surface area contributed by atoms with Crippen molar-refractivity contribution in [2.75, 3.05) is 11.9 Å². The minimum absolute atomic E-state index is 0.260. The third kappa shape index (κ3) is 3.08. The van der Waals surface area contributed by atoms with Gasteiger partial charge in [-0.05, 0) is 42.8 Å². The van der Waals surface area contributed by atoms with Crippen LogP contribution in [0, 0.1) is 0 Å². The third-order valence-electron chi connectivity index (χ3n) is 3.26. The molecule has 1 atom stereocenters. The predicted octanol–water partition coefficient (Wildman–Crippen LogP) is 3.19. The monoisotopic (exact) mass is 290 g/mol. The van der Waals surface area contributed by atoms with Crippen LogP contribution in [0.25, 0.3) is 0 Å². The highest BCUT2D eigenvalue weighted by Gasteiger charge is 2.35. The van der Waals surface area contributed by atoms with Gasteiger partial charge in [-0.15, -0.1) is 0 Å². The minimum atomic E-state index is -1.05. The number of aliphatic carboxylic acids is 1. The van der Waals surface area contributed by atoms with E-state index in [1.54, 1.807) is 43.6 Å². The molecule has 0 aliphatic carbocycles. The zero-order valence-electron chi connectivity index (χ0n) is 11.0. The zero-order valence-corrected chi connectivity index (χ0v) is 11.8. The first-order valence-corrected chi connectivity index (χ1v) is 6.53. The van der Waals surface area contributed by atoms with Gasteiger partial charge in [-0.1, -0.05) is 17.7 Å². The summed E-state index contributed by atoms with van der Waals surface area (Å²) in [5.41, 5.74) is 0.438. The standard InChI is InChI=1S/C15H15ClN2O2/c1-15(14(19)20,11-3-2-8-17-9-11)10-18-13-6-4-12(16)5-7-13/h2-9,18H,10H2,1H3,(H,19,20). The SMILES string of the molecule is CC(CNc1ccc(Cl)cc1)(C(=O)O)c1cccnc1. The van der Waals surface area contributed by atoms with E-state index in [1.807, 2.05) is 12.1 Å². The summed E-state index contributed by atoms with van der Waals surface area (Å²) in [6.07, 6.45) is 3.20. The summed E-state index contributed by atoms with van der Waals surface area (Å²) in [4.78, 5) is 15.6. The predicted molar refractivity (Wildman–Crippen MR) is 79.2 cm³/mol. The van der Waals surface area contributed by atoms with Gasteiger partial charge in [-0.2, -0.15) is 0 Å². The first-order valence-electron chi connectivity index (χ1n) is 6.16. The van der Waals surface area contributed by atoms with E-state index in [2.05, 4.69) is 10.3 Å². The maximum atomic E-state index is 11.6. The van der Waals surface area contributed by atoms with Gasteiger partial charge in [0.25, 0.3) is 0 Å². The number of halogens is 1. The van der Waals surface area contributed by atoms with E-state index in [9.17, 15) is 9.90 Å². The van der Waals surface area contributed by atoms with Gasteiger partial charge in [0.2, 0.25) is 0 Å². The van der Waals surface area contributed by atoms with Crippen molar-refractivity contribution in [1.82, 2.24) is 4.98 Å². The Morgan fingerprint density at radius 3 is 2.60 bits per heavy atom. The maximum absolute atomic E-state index is 11.6. The van der Waals surface area contributed by atoms with Crippen molar-refractivity contribution < 1.29 is 9.90 Å². The van der Waals surface area contributed by atoms with Crippen LogP contribution < -0.4 is 5.32 Å². The van der Waals surface area contributed by atoms with Crippen LogP contribution in [0.4, 0.5) is 5.69 Å². The molecule has 1 aromatic heterocycles. The molecule has 104 valence electrons. The lowest BCUT2D eigenvalue weighted by molar-refractivity contribution is -0.142. The van der Waals surface area contributed by atoms with Crippen molar-refractivity contribution in [2.24, 2.45) is 0 Å². The second-order valence-corrected chi connectivity index (χ2v) is 5.18. The van der Waals surface area contributed by atoms with E-state index in [4.69, 9.17) is 11.6 Å². The number of aromatic nitrogens is 1. The molecule has 4 nitrogen and oxygen atoms in total. The molecule has 0 aliphatic heterocycles. The van der Waals surface area contributed by atoms with E-state index in [1.165, 1.54) is 0 Å². The van der Waals surface area contributed by atoms with Gasteiger partial charge in [0, 0.05) is 29.6 Å². The van der Waals surface area contributed by atoms with Gasteiger partial charge in [0.05, 0.1) is 0 Å². The summed E-state index contributed by atoms with van der Waals surface area (Å²) >= 11 is 5.82. The molecule has 1 aromatic carbocycles. The molecule has 0 amide bonds. The van der Waals surface area contributed by atoms with Crippen LogP contribution in [-0.4, -0.2) is 22.6 Å². The summed E-state index contributed by atoms with van der Waals surface area (Å²) in [6, 6.07) is 10.6. The largest absolute Gasteiger partial charge is 0.481 e. The van der Waals surface area contributed by atoms with E-state index < -0.39 is 11.4 Å². The number of benzene rings is 1. The zero-order chi connectivity index (χ0) is 14.6. The summed E-state index contributed by atoms with van der Waals surface area (Å²) < 4.78 is 0. The molecule has 2 N–H and O–H groups in total. The number of carbonyl (C=O) groups is 1. The fraction of sp³-hybridized carbons (Fsp3) is 0.200. The summed E-state index contributed by atoms with van der Waals surface area (Å²) in [6.45, 7) is 1.94. The lowest BCUT2D eigenvalue weighted by Gasteiger charge is -2.25. The average Bonchev–Trinajstić information content (AvgIpc) is 2.47. The second kappa shape index (κ2) is 5.92. The molecule has 0 bridgehead atoms. The van der Waals surface area contributed by atoms with E-state index >= 15 is 0 Å². The lowest BCUT2D eigenvalue weighted by atomic mass is 9.83. The molecule has 0 spiro atoms. The second-order valence-electron chi connectivity index (χ2n) is 4.74. The van der Waals surface area contributed by atoms with Crippen molar-refractivity contribution >= 4 is 23.3 Å². The number of carboxylic acid groups (broad SMARTS) is 1. The van der Waals surface area contributed by atoms with Crippen molar-refractivity contribution in [3.63, 3.8) is 0 Å². The molecular weight excluding hydrogens is 276 g/mol. The van der Waals surface area contributed by atoms with Crippen LogP contribution in [0.5, 0.6) is 0 Å². The van der Waals surface area contributed by atoms with Crippen molar-refractivity contribution in [3.8, 4) is 0 Å². The first-order chi connectivity index (χ1) is 9.52. The van der Waals surface area contributed by atoms with Crippen LogP contribution in [0.3, 0.4) is 0 Å². The van der Waals surface area contributed by atoms with E-state index in [0.717, 1.165) is 5.69 Å². The lowest BCUT2D eigenvalue weighted by Crippen LogP contribution is -2.39. The molecule has 0 radical (unpaired) electrons. The molecule has 1 heterocycles. The van der Waals surface area contributed by atoms with E-state index in [-0.39, 0.29) is 6.54 Å². The maximum Gasteiger partial charge on any atom is 0.315 e. The Labute approximate surface area is 122 Å². The number of hydrogen-bond acceptors (Lipinski definition) is 3. The van der Waals surface area contributed by atoms with Gasteiger partial charge in [0.15, 0.2) is 0 Å². The Bertz CT molecular complexity index is 587. The topological polar surface area (TPSA) is 62.2 Å². The average molecular weight is 291 g/mol. The Morgan fingerprint density at radius 1 is 1.35 bits per heavy atom. The van der Waals surface area contributed by atoms with Crippen LogP contribution >= 0.6 is 11.6 Å². The highest BCUT2D eigenvalue weighted by atomic mass is 35.5. The van der Waals surface area contributed by atoms with Crippen LogP contribution in [0.1, 0.15) is 12.5 Å². The number of pyridine rings is 1. The molecule has 1 unspecified atom stereocenters. The van der Waals surface area contributed by atoms with Crippen LogP contribution in [-0.2, 0) is 10.2 Å². The van der Waals surface area contributed by atoms with Gasteiger partial charge in [-0.25, -0.2) is 0 Å². The highest BCUT2D eigenvalue weighted by Crippen LogP contribution is 2.24. The van der Waals surface area contributed by atoms with Gasteiger partial charge < -0.3 is 10.4 Å². The molecule has 2 rings (SSSR count). The number of hydrogen-bond donors (Lipinski definition) is 2. The molecule has 0 fully saturated rings. The summed E-state index contributed by atoms with van der Waals surface area (Å²) in [7, 11) is 0. The third-order valence-corrected chi connectivity index (χ3v) is 3.51. The van der Waals surface area contributed by atoms with Gasteiger partial charge in [-0.3, -0.25) is 9.78 Å². The molecule has 5 heteroatoms. The smallest absolute Gasteiger partial charge is 0.315 e. The van der Waals surface area contributed by atoms with Crippen LogP contribution in [0.15, 0.2) is 48.8 Å². The van der Waals surface area contributed by atoms with Crippen molar-refractivity contribution in [1.29, 1.82) is 0 Å². The fourth-order valence-corrected chi connectivity index (χ4v) is 1.96. The summed E-state index contributed by atoms with van der Waals surface area (Å²) in [5, 5.41) is 13.3. The molecule has 0 aliphatic rings. The molecule has 2 aromatic rings. The minimum Gasteiger partial charge on any atom is -0.481 e. The molecular formula is C15H15ClN2O2. The van der Waals surface area contributed by atoms with Gasteiger partial charge in [0.1, 0.15) is 5.41 Å².